The lowest BCUT2D eigenvalue weighted by molar-refractivity contribution is -0.118. The van der Waals surface area contributed by atoms with Crippen LogP contribution in [-0.2, 0) is 9.53 Å². The Labute approximate surface area is 116 Å². The molecule has 0 radical (unpaired) electrons. The van der Waals surface area contributed by atoms with Crippen LogP contribution in [0.3, 0.4) is 0 Å². The molecule has 1 amide bonds. The van der Waals surface area contributed by atoms with Crippen molar-refractivity contribution in [1.29, 1.82) is 5.26 Å². The summed E-state index contributed by atoms with van der Waals surface area (Å²) in [6.45, 7) is 2.85. The van der Waals surface area contributed by atoms with Crippen LogP contribution in [0.2, 0.25) is 0 Å². The van der Waals surface area contributed by atoms with Gasteiger partial charge in [-0.2, -0.15) is 5.26 Å². The van der Waals surface area contributed by atoms with Crippen molar-refractivity contribution in [3.05, 3.63) is 11.1 Å². The van der Waals surface area contributed by atoms with Gasteiger partial charge in [-0.05, 0) is 25.2 Å². The zero-order valence-electron chi connectivity index (χ0n) is 10.9. The second-order valence-corrected chi connectivity index (χ2v) is 5.72. The van der Waals surface area contributed by atoms with Crippen molar-refractivity contribution < 1.29 is 9.53 Å². The van der Waals surface area contributed by atoms with Gasteiger partial charge in [-0.15, -0.1) is 0 Å². The molecule has 1 aromatic rings. The predicted molar refractivity (Wildman–Crippen MR) is 72.8 cm³/mol. The number of hydrogen-bond acceptors (Lipinski definition) is 5. The summed E-state index contributed by atoms with van der Waals surface area (Å²) in [7, 11) is 0. The highest BCUT2D eigenvalue weighted by atomic mass is 32.1. The summed E-state index contributed by atoms with van der Waals surface area (Å²) in [6.07, 6.45) is 5.15. The Morgan fingerprint density at radius 2 is 2.58 bits per heavy atom. The van der Waals surface area contributed by atoms with E-state index in [4.69, 9.17) is 10.00 Å². The van der Waals surface area contributed by atoms with Gasteiger partial charge < -0.3 is 10.1 Å². The van der Waals surface area contributed by atoms with E-state index >= 15 is 0 Å². The van der Waals surface area contributed by atoms with Gasteiger partial charge in [-0.1, -0.05) is 18.3 Å². The molecule has 2 rings (SSSR count). The monoisotopic (exact) mass is 279 g/mol. The van der Waals surface area contributed by atoms with Crippen LogP contribution in [0.4, 0.5) is 5.13 Å². The molecule has 1 N–H and O–H groups in total. The lowest BCUT2D eigenvalue weighted by Crippen LogP contribution is -2.28. The van der Waals surface area contributed by atoms with Crippen molar-refractivity contribution in [1.82, 2.24) is 4.98 Å². The van der Waals surface area contributed by atoms with Gasteiger partial charge in [0.1, 0.15) is 10.9 Å². The molecule has 2 atom stereocenters. The first-order valence-corrected chi connectivity index (χ1v) is 7.30. The van der Waals surface area contributed by atoms with Gasteiger partial charge in [0.2, 0.25) is 5.91 Å². The fourth-order valence-corrected chi connectivity index (χ4v) is 2.87. The molecular formula is C13H17N3O2S. The third kappa shape index (κ3) is 4.01. The van der Waals surface area contributed by atoms with E-state index < -0.39 is 0 Å². The Kier molecular flexibility index (Phi) is 4.88. The van der Waals surface area contributed by atoms with Crippen LogP contribution in [0.1, 0.15) is 37.5 Å². The molecule has 1 fully saturated rings. The van der Waals surface area contributed by atoms with Crippen molar-refractivity contribution in [2.45, 2.75) is 38.7 Å². The van der Waals surface area contributed by atoms with Gasteiger partial charge in [-0.3, -0.25) is 4.79 Å². The Morgan fingerprint density at radius 1 is 1.74 bits per heavy atom. The van der Waals surface area contributed by atoms with Crippen LogP contribution in [0.15, 0.2) is 6.20 Å². The van der Waals surface area contributed by atoms with E-state index in [1.165, 1.54) is 17.5 Å². The Balaban J connectivity index is 1.82. The zero-order chi connectivity index (χ0) is 13.7. The van der Waals surface area contributed by atoms with Gasteiger partial charge in [-0.25, -0.2) is 4.98 Å². The molecule has 19 heavy (non-hydrogen) atoms. The van der Waals surface area contributed by atoms with E-state index in [1.54, 1.807) is 0 Å². The average molecular weight is 279 g/mol. The van der Waals surface area contributed by atoms with Crippen LogP contribution < -0.4 is 5.32 Å². The molecule has 1 aliphatic heterocycles. The molecule has 5 nitrogen and oxygen atoms in total. The molecule has 0 aliphatic carbocycles. The van der Waals surface area contributed by atoms with Crippen LogP contribution in [0.25, 0.3) is 0 Å². The van der Waals surface area contributed by atoms with Crippen LogP contribution in [-0.4, -0.2) is 23.6 Å². The molecule has 0 saturated carbocycles. The molecule has 1 aliphatic rings. The third-order valence-electron chi connectivity index (χ3n) is 3.27. The topological polar surface area (TPSA) is 75.0 Å². The third-order valence-corrected chi connectivity index (χ3v) is 4.08. The van der Waals surface area contributed by atoms with Gasteiger partial charge in [0.15, 0.2) is 5.13 Å². The number of amides is 1. The molecule has 1 saturated heterocycles. The maximum atomic E-state index is 11.9. The number of hydrogen-bond donors (Lipinski definition) is 1. The summed E-state index contributed by atoms with van der Waals surface area (Å²) in [4.78, 5) is 16.4. The maximum absolute atomic E-state index is 11.9. The summed E-state index contributed by atoms with van der Waals surface area (Å²) >= 11 is 1.20. The van der Waals surface area contributed by atoms with E-state index in [9.17, 15) is 4.79 Å². The normalized spacial score (nSPS) is 22.7. The summed E-state index contributed by atoms with van der Waals surface area (Å²) in [5.41, 5.74) is 0. The highest BCUT2D eigenvalue weighted by Gasteiger charge is 2.23. The SMILES string of the molecule is CCC1CC(CC(=O)Nc2ncc(C#N)s2)CCO1. The number of rotatable bonds is 4. The number of aromatic nitrogens is 1. The first-order valence-electron chi connectivity index (χ1n) is 6.48. The Morgan fingerprint density at radius 3 is 3.26 bits per heavy atom. The molecule has 0 aromatic carbocycles. The summed E-state index contributed by atoms with van der Waals surface area (Å²) in [6, 6.07) is 2.00. The fourth-order valence-electron chi connectivity index (χ4n) is 2.25. The fraction of sp³-hybridized carbons (Fsp3) is 0.615. The lowest BCUT2D eigenvalue weighted by Gasteiger charge is -2.28. The van der Waals surface area contributed by atoms with E-state index in [2.05, 4.69) is 17.2 Å². The van der Waals surface area contributed by atoms with Gasteiger partial charge in [0.25, 0.3) is 0 Å². The van der Waals surface area contributed by atoms with Gasteiger partial charge in [0.05, 0.1) is 12.3 Å². The summed E-state index contributed by atoms with van der Waals surface area (Å²) in [5.74, 6) is 0.356. The molecule has 0 spiro atoms. The van der Waals surface area contributed by atoms with E-state index in [0.29, 0.717) is 22.3 Å². The molecule has 1 aromatic heterocycles. The number of nitriles is 1. The van der Waals surface area contributed by atoms with E-state index in [0.717, 1.165) is 25.9 Å². The predicted octanol–water partition coefficient (Wildman–Crippen LogP) is 2.55. The number of carbonyl (C=O) groups is 1. The minimum atomic E-state index is -0.0272. The standard InChI is InChI=1S/C13H17N3O2S/c1-2-10-5-9(3-4-18-10)6-12(17)16-13-15-8-11(7-14)19-13/h8-10H,2-6H2,1H3,(H,15,16,17). The molecule has 102 valence electrons. The number of ether oxygens (including phenoxy) is 1. The van der Waals surface area contributed by atoms with Crippen molar-refractivity contribution in [3.8, 4) is 6.07 Å². The van der Waals surface area contributed by atoms with E-state index in [-0.39, 0.29) is 12.0 Å². The van der Waals surface area contributed by atoms with Crippen molar-refractivity contribution in [3.63, 3.8) is 0 Å². The van der Waals surface area contributed by atoms with Crippen molar-refractivity contribution in [2.24, 2.45) is 5.92 Å². The average Bonchev–Trinajstić information content (AvgIpc) is 2.86. The van der Waals surface area contributed by atoms with Crippen LogP contribution in [0, 0.1) is 17.2 Å². The zero-order valence-corrected chi connectivity index (χ0v) is 11.7. The molecule has 2 heterocycles. The Hall–Kier alpha value is -1.45. The minimum absolute atomic E-state index is 0.0272. The lowest BCUT2D eigenvalue weighted by atomic mass is 9.91. The number of thiazole rings is 1. The van der Waals surface area contributed by atoms with Crippen LogP contribution >= 0.6 is 11.3 Å². The second kappa shape index (κ2) is 6.64. The Bertz CT molecular complexity index is 480. The molecule has 6 heteroatoms. The first-order chi connectivity index (χ1) is 9.21. The van der Waals surface area contributed by atoms with Gasteiger partial charge >= 0.3 is 0 Å². The molecule has 2 unspecified atom stereocenters. The summed E-state index contributed by atoms with van der Waals surface area (Å²) < 4.78 is 5.60. The maximum Gasteiger partial charge on any atom is 0.226 e. The minimum Gasteiger partial charge on any atom is -0.378 e. The van der Waals surface area contributed by atoms with Crippen molar-refractivity contribution >= 4 is 22.4 Å². The second-order valence-electron chi connectivity index (χ2n) is 4.69. The number of nitrogens with zero attached hydrogens (tertiary/aromatic N) is 2. The number of anilines is 1. The summed E-state index contributed by atoms with van der Waals surface area (Å²) in [5, 5.41) is 12.0. The number of carbonyl (C=O) groups excluding carboxylic acids is 1. The highest BCUT2D eigenvalue weighted by Crippen LogP contribution is 2.25. The number of nitrogens with one attached hydrogen (secondary N) is 1. The molecule has 0 bridgehead atoms. The quantitative estimate of drug-likeness (QED) is 0.919. The smallest absolute Gasteiger partial charge is 0.226 e. The van der Waals surface area contributed by atoms with Crippen LogP contribution in [0.5, 0.6) is 0 Å². The van der Waals surface area contributed by atoms with Gasteiger partial charge in [0, 0.05) is 13.0 Å². The first kappa shape index (κ1) is 14.0. The van der Waals surface area contributed by atoms with E-state index in [1.807, 2.05) is 6.07 Å². The highest BCUT2D eigenvalue weighted by molar-refractivity contribution is 7.16. The van der Waals surface area contributed by atoms with Crippen molar-refractivity contribution in [2.75, 3.05) is 11.9 Å². The largest absolute Gasteiger partial charge is 0.378 e. The molecular weight excluding hydrogens is 262 g/mol.